The van der Waals surface area contributed by atoms with Gasteiger partial charge < -0.3 is 20.1 Å². The van der Waals surface area contributed by atoms with E-state index in [-0.39, 0.29) is 18.2 Å². The fourth-order valence-electron chi connectivity index (χ4n) is 4.19. The number of nitrogens with zero attached hydrogens (tertiary/aromatic N) is 6. The van der Waals surface area contributed by atoms with Crippen LogP contribution >= 0.6 is 0 Å². The highest BCUT2D eigenvalue weighted by atomic mass is 32.3. The van der Waals surface area contributed by atoms with Gasteiger partial charge >= 0.3 is 10.4 Å². The number of aliphatic hydroxyl groups excluding tert-OH is 1. The minimum atomic E-state index is -4.67. The van der Waals surface area contributed by atoms with Crippen molar-refractivity contribution in [3.05, 3.63) is 60.8 Å². The first-order chi connectivity index (χ1) is 18.7. The van der Waals surface area contributed by atoms with Crippen LogP contribution in [0.2, 0.25) is 0 Å². The Morgan fingerprint density at radius 3 is 2.51 bits per heavy atom. The zero-order valence-electron chi connectivity index (χ0n) is 21.0. The van der Waals surface area contributed by atoms with Gasteiger partial charge in [-0.05, 0) is 24.3 Å². The van der Waals surface area contributed by atoms with Gasteiger partial charge in [0.15, 0.2) is 5.82 Å². The Balaban J connectivity index is 0.000000648. The number of ether oxygens (including phenoxy) is 1. The van der Waals surface area contributed by atoms with E-state index in [1.165, 1.54) is 0 Å². The third-order valence-electron chi connectivity index (χ3n) is 5.99. The van der Waals surface area contributed by atoms with Crippen LogP contribution in [0, 0.1) is 5.82 Å². The molecule has 0 amide bonds. The highest BCUT2D eigenvalue weighted by Crippen LogP contribution is 2.32. The quantitative estimate of drug-likeness (QED) is 0.243. The maximum Gasteiger partial charge on any atom is 0.394 e. The summed E-state index contributed by atoms with van der Waals surface area (Å²) in [6.45, 7) is 4.43. The van der Waals surface area contributed by atoms with Crippen molar-refractivity contribution in [3.63, 3.8) is 0 Å². The highest BCUT2D eigenvalue weighted by Gasteiger charge is 2.19. The normalized spacial score (nSPS) is 14.1. The Labute approximate surface area is 224 Å². The van der Waals surface area contributed by atoms with Crippen molar-refractivity contribution in [1.29, 1.82) is 0 Å². The predicted molar refractivity (Wildman–Crippen MR) is 142 cm³/mol. The minimum absolute atomic E-state index is 0.160. The van der Waals surface area contributed by atoms with E-state index < -0.39 is 16.2 Å². The van der Waals surface area contributed by atoms with Crippen LogP contribution in [0.3, 0.4) is 0 Å². The summed E-state index contributed by atoms with van der Waals surface area (Å²) in [7, 11) is -3.06. The monoisotopic (exact) mass is 561 g/mol. The maximum absolute atomic E-state index is 14.6. The molecular formula is C24H28FN7O6S. The third-order valence-corrected chi connectivity index (χ3v) is 5.99. The molecule has 4 N–H and O–H groups in total. The van der Waals surface area contributed by atoms with Gasteiger partial charge in [0.25, 0.3) is 0 Å². The van der Waals surface area contributed by atoms with Gasteiger partial charge in [0.05, 0.1) is 37.5 Å². The number of rotatable bonds is 7. The lowest BCUT2D eigenvalue weighted by molar-refractivity contribution is 0.189. The summed E-state index contributed by atoms with van der Waals surface area (Å²) in [5.74, 6) is 0.365. The Morgan fingerprint density at radius 2 is 1.82 bits per heavy atom. The summed E-state index contributed by atoms with van der Waals surface area (Å²) in [6.07, 6.45) is 4.57. The van der Waals surface area contributed by atoms with Crippen molar-refractivity contribution >= 4 is 33.4 Å². The van der Waals surface area contributed by atoms with E-state index in [9.17, 15) is 4.39 Å². The van der Waals surface area contributed by atoms with E-state index in [0.29, 0.717) is 29.3 Å². The van der Waals surface area contributed by atoms with Crippen molar-refractivity contribution in [2.45, 2.75) is 0 Å². The molecule has 0 saturated carbocycles. The first-order valence-corrected chi connectivity index (χ1v) is 13.2. The SMILES string of the molecule is COc1cc(N2CCN(CCO)CC2)ccc1Nc1ncc(F)c(-c2cnc3ccccn23)n1.O=S(=O)(O)O. The number of hydrogen-bond acceptors (Lipinski definition) is 10. The molecule has 15 heteroatoms. The molecule has 0 radical (unpaired) electrons. The fraction of sp³-hybridized carbons (Fsp3) is 0.292. The summed E-state index contributed by atoms with van der Waals surface area (Å²) in [5.41, 5.74) is 3.14. The number of nitrogens with one attached hydrogen (secondary N) is 1. The van der Waals surface area contributed by atoms with Crippen LogP contribution in [0.5, 0.6) is 5.75 Å². The molecule has 4 aromatic rings. The van der Waals surface area contributed by atoms with Gasteiger partial charge in [-0.3, -0.25) is 18.4 Å². The van der Waals surface area contributed by atoms with Crippen LogP contribution in [0.25, 0.3) is 17.0 Å². The molecule has 0 spiro atoms. The molecule has 13 nitrogen and oxygen atoms in total. The molecular weight excluding hydrogens is 533 g/mol. The number of piperazine rings is 1. The van der Waals surface area contributed by atoms with E-state index >= 15 is 0 Å². The number of methoxy groups -OCH3 is 1. The molecule has 0 unspecified atom stereocenters. The fourth-order valence-corrected chi connectivity index (χ4v) is 4.19. The van der Waals surface area contributed by atoms with Gasteiger partial charge in [-0.25, -0.2) is 19.3 Å². The molecule has 1 aromatic carbocycles. The summed E-state index contributed by atoms with van der Waals surface area (Å²) in [6, 6.07) is 11.5. The number of β-amino-alcohol motifs (C(OH)–C–C–N with tert-alkyl or cyclic N) is 1. The van der Waals surface area contributed by atoms with E-state index in [1.807, 2.05) is 42.6 Å². The van der Waals surface area contributed by atoms with Gasteiger partial charge in [-0.1, -0.05) is 6.07 Å². The first-order valence-electron chi connectivity index (χ1n) is 11.8. The topological polar surface area (TPSA) is 166 Å². The first kappa shape index (κ1) is 28.1. The van der Waals surface area contributed by atoms with Crippen molar-refractivity contribution < 1.29 is 31.8 Å². The lowest BCUT2D eigenvalue weighted by Gasteiger charge is -2.36. The molecule has 0 atom stereocenters. The number of halogens is 1. The maximum atomic E-state index is 14.6. The molecule has 208 valence electrons. The molecule has 0 bridgehead atoms. The molecule has 3 aromatic heterocycles. The number of hydrogen-bond donors (Lipinski definition) is 4. The second-order valence-corrected chi connectivity index (χ2v) is 9.37. The van der Waals surface area contributed by atoms with E-state index in [2.05, 4.69) is 30.1 Å². The van der Waals surface area contributed by atoms with E-state index in [1.54, 1.807) is 17.7 Å². The standard InChI is InChI=1S/C24H26FN7O2.H2O4S/c1-34-21-14-17(31-10-8-30(9-11-31)12-13-33)5-6-19(21)28-24-27-15-18(25)23(29-24)20-16-26-22-4-2-3-7-32(20)22;1-5(2,3)4/h2-7,14-16,33H,8-13H2,1H3,(H,27,28,29);(H2,1,2,3,4). The molecule has 1 saturated heterocycles. The van der Waals surface area contributed by atoms with Gasteiger partial charge in [0.2, 0.25) is 5.95 Å². The molecule has 0 aliphatic carbocycles. The summed E-state index contributed by atoms with van der Waals surface area (Å²) in [5, 5.41) is 12.3. The van der Waals surface area contributed by atoms with Crippen LogP contribution < -0.4 is 15.0 Å². The Hall–Kier alpha value is -3.89. The molecule has 5 rings (SSSR count). The van der Waals surface area contributed by atoms with E-state index in [4.69, 9.17) is 27.4 Å². The number of aromatic nitrogens is 4. The Morgan fingerprint density at radius 1 is 1.08 bits per heavy atom. The van der Waals surface area contributed by atoms with Gasteiger partial charge in [0, 0.05) is 50.7 Å². The Bertz CT molecular complexity index is 1520. The number of pyridine rings is 1. The average molecular weight is 562 g/mol. The summed E-state index contributed by atoms with van der Waals surface area (Å²) >= 11 is 0. The number of fused-ring (bicyclic) bond motifs is 1. The van der Waals surface area contributed by atoms with Crippen LogP contribution in [0.4, 0.5) is 21.7 Å². The molecule has 1 aliphatic rings. The van der Waals surface area contributed by atoms with Crippen LogP contribution in [-0.4, -0.2) is 93.3 Å². The minimum Gasteiger partial charge on any atom is -0.494 e. The Kier molecular flexibility index (Phi) is 8.88. The smallest absolute Gasteiger partial charge is 0.394 e. The summed E-state index contributed by atoms with van der Waals surface area (Å²) < 4.78 is 53.6. The molecule has 39 heavy (non-hydrogen) atoms. The van der Waals surface area contributed by atoms with Crippen LogP contribution in [0.15, 0.2) is 55.0 Å². The van der Waals surface area contributed by atoms with Crippen molar-refractivity contribution in [3.8, 4) is 17.1 Å². The van der Waals surface area contributed by atoms with Gasteiger partial charge in [0.1, 0.15) is 17.1 Å². The molecule has 4 heterocycles. The number of benzene rings is 1. The zero-order valence-corrected chi connectivity index (χ0v) is 21.8. The van der Waals surface area contributed by atoms with Gasteiger partial charge in [-0.15, -0.1) is 0 Å². The molecule has 1 fully saturated rings. The second kappa shape index (κ2) is 12.3. The second-order valence-electron chi connectivity index (χ2n) is 8.47. The largest absolute Gasteiger partial charge is 0.494 e. The van der Waals surface area contributed by atoms with E-state index in [0.717, 1.165) is 38.1 Å². The highest BCUT2D eigenvalue weighted by molar-refractivity contribution is 7.79. The van der Waals surface area contributed by atoms with Gasteiger partial charge in [-0.2, -0.15) is 8.42 Å². The number of aliphatic hydroxyl groups is 1. The predicted octanol–water partition coefficient (Wildman–Crippen LogP) is 2.14. The van der Waals surface area contributed by atoms with Crippen LogP contribution in [0.1, 0.15) is 0 Å². The van der Waals surface area contributed by atoms with Crippen molar-refractivity contribution in [2.75, 3.05) is 56.7 Å². The number of anilines is 3. The average Bonchev–Trinajstić information content (AvgIpc) is 3.34. The van der Waals surface area contributed by atoms with Crippen LogP contribution in [-0.2, 0) is 10.4 Å². The van der Waals surface area contributed by atoms with Crippen molar-refractivity contribution in [1.82, 2.24) is 24.3 Å². The lowest BCUT2D eigenvalue weighted by atomic mass is 10.2. The molecule has 1 aliphatic heterocycles. The lowest BCUT2D eigenvalue weighted by Crippen LogP contribution is -2.47. The third kappa shape index (κ3) is 7.36. The number of imidazole rings is 1. The van der Waals surface area contributed by atoms with Crippen molar-refractivity contribution in [2.24, 2.45) is 0 Å². The zero-order chi connectivity index (χ0) is 28.0. The summed E-state index contributed by atoms with van der Waals surface area (Å²) in [4.78, 5) is 17.4.